The minimum Gasteiger partial charge on any atom is -0.378 e. The molecule has 0 bridgehead atoms. The second kappa shape index (κ2) is 5.74. The molecule has 0 unspecified atom stereocenters. The average molecular weight is 261 g/mol. The highest BCUT2D eigenvalue weighted by Crippen LogP contribution is 2.22. The first-order valence-electron chi connectivity index (χ1n) is 6.92. The molecular weight excluding hydrogens is 238 g/mol. The highest BCUT2D eigenvalue weighted by molar-refractivity contribution is 5.80. The molecule has 19 heavy (non-hydrogen) atoms. The van der Waals surface area contributed by atoms with E-state index in [0.717, 1.165) is 13.1 Å². The van der Waals surface area contributed by atoms with Gasteiger partial charge in [-0.3, -0.25) is 4.79 Å². The lowest BCUT2D eigenvalue weighted by Gasteiger charge is -2.27. The number of morpholine rings is 1. The van der Waals surface area contributed by atoms with Crippen molar-refractivity contribution in [2.24, 2.45) is 0 Å². The molecule has 0 saturated carbocycles. The standard InChI is InChI=1S/C16H23NO2/c1-11-9-12(2)14(4)15(13(11)3)10-16(18)17-5-7-19-8-6-17/h9H,5-8,10H2,1-4H3. The minimum atomic E-state index is 0.222. The maximum Gasteiger partial charge on any atom is 0.227 e. The van der Waals surface area contributed by atoms with Gasteiger partial charge in [-0.15, -0.1) is 0 Å². The van der Waals surface area contributed by atoms with Crippen LogP contribution in [0.25, 0.3) is 0 Å². The van der Waals surface area contributed by atoms with Gasteiger partial charge >= 0.3 is 0 Å². The SMILES string of the molecule is Cc1cc(C)c(C)c(CC(=O)N2CCOCC2)c1C. The van der Waals surface area contributed by atoms with E-state index in [-0.39, 0.29) is 5.91 Å². The molecule has 0 atom stereocenters. The van der Waals surface area contributed by atoms with Crippen molar-refractivity contribution in [2.75, 3.05) is 26.3 Å². The van der Waals surface area contributed by atoms with Crippen molar-refractivity contribution in [3.05, 3.63) is 33.9 Å². The zero-order chi connectivity index (χ0) is 14.0. The molecule has 1 fully saturated rings. The van der Waals surface area contributed by atoms with Crippen molar-refractivity contribution in [1.29, 1.82) is 0 Å². The number of rotatable bonds is 2. The summed E-state index contributed by atoms with van der Waals surface area (Å²) in [6.07, 6.45) is 0.514. The van der Waals surface area contributed by atoms with Crippen molar-refractivity contribution < 1.29 is 9.53 Å². The number of carbonyl (C=O) groups is 1. The normalized spacial score (nSPS) is 15.7. The average Bonchev–Trinajstić information content (AvgIpc) is 2.42. The van der Waals surface area contributed by atoms with Crippen LogP contribution in [-0.2, 0) is 16.0 Å². The molecular formula is C16H23NO2. The molecule has 2 rings (SSSR count). The topological polar surface area (TPSA) is 29.5 Å². The lowest BCUT2D eigenvalue weighted by molar-refractivity contribution is -0.134. The second-order valence-electron chi connectivity index (χ2n) is 5.41. The molecule has 0 aliphatic carbocycles. The van der Waals surface area contributed by atoms with E-state index in [1.165, 1.54) is 27.8 Å². The van der Waals surface area contributed by atoms with Gasteiger partial charge in [0, 0.05) is 13.1 Å². The third-order valence-electron chi connectivity index (χ3n) is 4.21. The van der Waals surface area contributed by atoms with Crippen LogP contribution in [0.2, 0.25) is 0 Å². The van der Waals surface area contributed by atoms with Crippen molar-refractivity contribution >= 4 is 5.91 Å². The van der Waals surface area contributed by atoms with Gasteiger partial charge in [0.15, 0.2) is 0 Å². The summed E-state index contributed by atoms with van der Waals surface area (Å²) in [5, 5.41) is 0. The van der Waals surface area contributed by atoms with Crippen LogP contribution in [-0.4, -0.2) is 37.1 Å². The van der Waals surface area contributed by atoms with Gasteiger partial charge in [0.1, 0.15) is 0 Å². The van der Waals surface area contributed by atoms with Crippen LogP contribution >= 0.6 is 0 Å². The Morgan fingerprint density at radius 3 is 2.16 bits per heavy atom. The predicted octanol–water partition coefficient (Wildman–Crippen LogP) is 2.32. The van der Waals surface area contributed by atoms with Crippen molar-refractivity contribution in [2.45, 2.75) is 34.1 Å². The van der Waals surface area contributed by atoms with Crippen molar-refractivity contribution in [3.63, 3.8) is 0 Å². The number of benzene rings is 1. The Morgan fingerprint density at radius 2 is 1.63 bits per heavy atom. The Morgan fingerprint density at radius 1 is 1.11 bits per heavy atom. The van der Waals surface area contributed by atoms with Gasteiger partial charge in [0.25, 0.3) is 0 Å². The van der Waals surface area contributed by atoms with E-state index in [4.69, 9.17) is 4.74 Å². The second-order valence-corrected chi connectivity index (χ2v) is 5.41. The minimum absolute atomic E-state index is 0.222. The van der Waals surface area contributed by atoms with Crippen LogP contribution < -0.4 is 0 Å². The van der Waals surface area contributed by atoms with Crippen molar-refractivity contribution in [3.8, 4) is 0 Å². The molecule has 0 N–H and O–H groups in total. The predicted molar refractivity (Wildman–Crippen MR) is 76.5 cm³/mol. The zero-order valence-electron chi connectivity index (χ0n) is 12.4. The van der Waals surface area contributed by atoms with E-state index in [1.54, 1.807) is 0 Å². The van der Waals surface area contributed by atoms with Gasteiger partial charge in [-0.25, -0.2) is 0 Å². The molecule has 104 valence electrons. The Kier molecular flexibility index (Phi) is 4.25. The molecule has 0 spiro atoms. The molecule has 1 amide bonds. The fourth-order valence-corrected chi connectivity index (χ4v) is 2.64. The molecule has 0 radical (unpaired) electrons. The van der Waals surface area contributed by atoms with E-state index in [1.807, 2.05) is 4.90 Å². The Bertz CT molecular complexity index is 462. The quantitative estimate of drug-likeness (QED) is 0.817. The van der Waals surface area contributed by atoms with Crippen molar-refractivity contribution in [1.82, 2.24) is 4.90 Å². The zero-order valence-corrected chi connectivity index (χ0v) is 12.4. The number of ether oxygens (including phenoxy) is 1. The first-order valence-corrected chi connectivity index (χ1v) is 6.92. The third-order valence-corrected chi connectivity index (χ3v) is 4.21. The lowest BCUT2D eigenvalue weighted by Crippen LogP contribution is -2.41. The number of amides is 1. The highest BCUT2D eigenvalue weighted by atomic mass is 16.5. The fourth-order valence-electron chi connectivity index (χ4n) is 2.64. The molecule has 1 aromatic carbocycles. The molecule has 3 nitrogen and oxygen atoms in total. The number of nitrogens with zero attached hydrogens (tertiary/aromatic N) is 1. The van der Waals surface area contributed by atoms with Gasteiger partial charge in [-0.1, -0.05) is 6.07 Å². The van der Waals surface area contributed by atoms with Crippen LogP contribution in [0.15, 0.2) is 6.07 Å². The van der Waals surface area contributed by atoms with E-state index in [2.05, 4.69) is 33.8 Å². The summed E-state index contributed by atoms with van der Waals surface area (Å²) < 4.78 is 5.29. The third kappa shape index (κ3) is 2.98. The van der Waals surface area contributed by atoms with Gasteiger partial charge in [-0.05, 0) is 55.5 Å². The molecule has 0 aromatic heterocycles. The Balaban J connectivity index is 2.20. The Hall–Kier alpha value is -1.35. The molecule has 1 aliphatic rings. The summed E-state index contributed by atoms with van der Waals surface area (Å²) in [7, 11) is 0. The molecule has 1 aromatic rings. The molecule has 1 heterocycles. The van der Waals surface area contributed by atoms with E-state index in [0.29, 0.717) is 19.6 Å². The van der Waals surface area contributed by atoms with Crippen LogP contribution in [0, 0.1) is 27.7 Å². The smallest absolute Gasteiger partial charge is 0.227 e. The monoisotopic (exact) mass is 261 g/mol. The number of carbonyl (C=O) groups excluding carboxylic acids is 1. The van der Waals surface area contributed by atoms with Gasteiger partial charge in [-0.2, -0.15) is 0 Å². The first kappa shape index (κ1) is 14.1. The summed E-state index contributed by atoms with van der Waals surface area (Å²) in [5.41, 5.74) is 6.25. The maximum atomic E-state index is 12.4. The van der Waals surface area contributed by atoms with Gasteiger partial charge in [0.05, 0.1) is 19.6 Å². The summed E-state index contributed by atoms with van der Waals surface area (Å²) >= 11 is 0. The number of aryl methyl sites for hydroxylation is 2. The fraction of sp³-hybridized carbons (Fsp3) is 0.562. The van der Waals surface area contributed by atoms with Crippen LogP contribution in [0.5, 0.6) is 0 Å². The summed E-state index contributed by atoms with van der Waals surface area (Å²) in [4.78, 5) is 14.3. The summed E-state index contributed by atoms with van der Waals surface area (Å²) in [5.74, 6) is 0.222. The Labute approximate surface area is 115 Å². The van der Waals surface area contributed by atoms with Crippen LogP contribution in [0.3, 0.4) is 0 Å². The maximum absolute atomic E-state index is 12.4. The van der Waals surface area contributed by atoms with E-state index >= 15 is 0 Å². The largest absolute Gasteiger partial charge is 0.378 e. The summed E-state index contributed by atoms with van der Waals surface area (Å²) in [6, 6.07) is 2.20. The summed E-state index contributed by atoms with van der Waals surface area (Å²) in [6.45, 7) is 11.2. The van der Waals surface area contributed by atoms with E-state index in [9.17, 15) is 4.79 Å². The molecule has 3 heteroatoms. The lowest BCUT2D eigenvalue weighted by atomic mass is 9.92. The van der Waals surface area contributed by atoms with E-state index < -0.39 is 0 Å². The van der Waals surface area contributed by atoms with Crippen LogP contribution in [0.1, 0.15) is 27.8 Å². The molecule has 1 aliphatic heterocycles. The highest BCUT2D eigenvalue weighted by Gasteiger charge is 2.19. The first-order chi connectivity index (χ1) is 9.00. The van der Waals surface area contributed by atoms with Crippen LogP contribution in [0.4, 0.5) is 0 Å². The number of hydrogen-bond acceptors (Lipinski definition) is 2. The van der Waals surface area contributed by atoms with Gasteiger partial charge in [0.2, 0.25) is 5.91 Å². The van der Waals surface area contributed by atoms with Gasteiger partial charge < -0.3 is 9.64 Å². The number of hydrogen-bond donors (Lipinski definition) is 0. The molecule has 1 saturated heterocycles.